The van der Waals surface area contributed by atoms with Crippen LogP contribution in [0.15, 0.2) is 48.7 Å². The molecule has 0 spiro atoms. The maximum absolute atomic E-state index is 15.1. The Morgan fingerprint density at radius 2 is 1.91 bits per heavy atom. The predicted molar refractivity (Wildman–Crippen MR) is 137 cm³/mol. The van der Waals surface area contributed by atoms with E-state index in [4.69, 9.17) is 27.9 Å². The first-order valence-electron chi connectivity index (χ1n) is 11.1. The molecule has 1 unspecified atom stereocenters. The van der Waals surface area contributed by atoms with E-state index in [9.17, 15) is 5.11 Å². The molecule has 0 saturated carbocycles. The van der Waals surface area contributed by atoms with Crippen molar-refractivity contribution >= 4 is 44.8 Å². The van der Waals surface area contributed by atoms with Crippen LogP contribution in [0.3, 0.4) is 0 Å². The van der Waals surface area contributed by atoms with Crippen LogP contribution in [-0.4, -0.2) is 16.7 Å². The monoisotopic (exact) mass is 516 g/mol. The van der Waals surface area contributed by atoms with E-state index in [1.807, 2.05) is 38.1 Å². The summed E-state index contributed by atoms with van der Waals surface area (Å²) in [5.74, 6) is 0.424. The lowest BCUT2D eigenvalue weighted by atomic mass is 9.98. The molecule has 176 valence electrons. The van der Waals surface area contributed by atoms with Gasteiger partial charge in [-0.3, -0.25) is 10.3 Å². The summed E-state index contributed by atoms with van der Waals surface area (Å²) in [6, 6.07) is 12.8. The smallest absolute Gasteiger partial charge is 0.150 e. The Morgan fingerprint density at radius 3 is 2.65 bits per heavy atom. The number of fused-ring (bicyclic) bond motifs is 2. The molecule has 34 heavy (non-hydrogen) atoms. The van der Waals surface area contributed by atoms with Crippen molar-refractivity contribution in [3.63, 3.8) is 0 Å². The number of pyridine rings is 1. The maximum Gasteiger partial charge on any atom is 0.150 e. The quantitative estimate of drug-likeness (QED) is 0.267. The number of aliphatic hydroxyl groups excluding tert-OH is 1. The van der Waals surface area contributed by atoms with Crippen molar-refractivity contribution in [1.82, 2.24) is 10.3 Å². The Kier molecular flexibility index (Phi) is 6.53. The summed E-state index contributed by atoms with van der Waals surface area (Å²) in [5.41, 5.74) is 3.55. The van der Waals surface area contributed by atoms with Crippen LogP contribution in [0, 0.1) is 5.82 Å². The zero-order valence-corrected chi connectivity index (χ0v) is 20.9. The number of para-hydroxylation sites is 1. The second kappa shape index (κ2) is 9.44. The number of aliphatic hydroxyl groups is 1. The molecule has 0 saturated heterocycles. The number of nitrogens with zero attached hydrogens (tertiary/aromatic N) is 1. The molecular weight excluding hydrogens is 494 g/mol. The van der Waals surface area contributed by atoms with Gasteiger partial charge in [0.15, 0.2) is 5.82 Å². The summed E-state index contributed by atoms with van der Waals surface area (Å²) in [7, 11) is 0. The standard InChI is InChI=1S/C26H23Cl2FN2O2S/c1-13(2)21-23-24(22(18(29)12-30-23)14-9-15(27)11-16(28)10-14)34-25(21)26(32)31-19-7-8-33-20-6-4-3-5-17(19)20/h3-6,9-13,19,26,31-32H,7-8H2,1-2H3/t19-,26?/m0/s1. The van der Waals surface area contributed by atoms with Gasteiger partial charge in [0.1, 0.15) is 12.0 Å². The molecule has 5 rings (SSSR count). The van der Waals surface area contributed by atoms with E-state index in [0.29, 0.717) is 38.0 Å². The number of nitrogens with one attached hydrogen (secondary N) is 1. The average Bonchev–Trinajstić information content (AvgIpc) is 3.18. The van der Waals surface area contributed by atoms with Crippen LogP contribution in [-0.2, 0) is 0 Å². The number of hydrogen-bond acceptors (Lipinski definition) is 5. The third-order valence-corrected chi connectivity index (χ3v) is 7.72. The van der Waals surface area contributed by atoms with E-state index in [0.717, 1.165) is 28.2 Å². The molecule has 4 nitrogen and oxygen atoms in total. The zero-order valence-electron chi connectivity index (χ0n) is 18.6. The Labute approximate surface area is 211 Å². The van der Waals surface area contributed by atoms with Crippen LogP contribution >= 0.6 is 34.5 Å². The molecule has 0 fully saturated rings. The average molecular weight is 517 g/mol. The van der Waals surface area contributed by atoms with Crippen molar-refractivity contribution in [2.24, 2.45) is 0 Å². The van der Waals surface area contributed by atoms with E-state index in [2.05, 4.69) is 10.3 Å². The van der Waals surface area contributed by atoms with Gasteiger partial charge in [-0.1, -0.05) is 55.2 Å². The molecular formula is C26H23Cl2FN2O2S. The van der Waals surface area contributed by atoms with Crippen molar-refractivity contribution in [2.45, 2.75) is 38.5 Å². The molecule has 2 N–H and O–H groups in total. The molecule has 4 aromatic rings. The van der Waals surface area contributed by atoms with Gasteiger partial charge in [0.05, 0.1) is 27.9 Å². The summed E-state index contributed by atoms with van der Waals surface area (Å²) >= 11 is 13.8. The molecule has 2 aromatic carbocycles. The first-order chi connectivity index (χ1) is 16.3. The molecule has 0 amide bonds. The lowest BCUT2D eigenvalue weighted by Crippen LogP contribution is -2.30. The SMILES string of the molecule is CC(C)c1c(C(O)N[C@H]2CCOc3ccccc32)sc2c(-c3cc(Cl)cc(Cl)c3)c(F)cnc12. The van der Waals surface area contributed by atoms with E-state index in [1.54, 1.807) is 18.2 Å². The van der Waals surface area contributed by atoms with E-state index >= 15 is 4.39 Å². The summed E-state index contributed by atoms with van der Waals surface area (Å²) in [6.07, 6.45) is 1.00. The second-order valence-corrected chi connectivity index (χ2v) is 10.6. The highest BCUT2D eigenvalue weighted by Gasteiger charge is 2.29. The van der Waals surface area contributed by atoms with Crippen molar-refractivity contribution in [2.75, 3.05) is 6.61 Å². The van der Waals surface area contributed by atoms with Gasteiger partial charge in [-0.25, -0.2) is 4.39 Å². The van der Waals surface area contributed by atoms with Crippen LogP contribution in [0.4, 0.5) is 4.39 Å². The van der Waals surface area contributed by atoms with Gasteiger partial charge in [-0.05, 0) is 41.3 Å². The van der Waals surface area contributed by atoms with Gasteiger partial charge in [0.2, 0.25) is 0 Å². The highest BCUT2D eigenvalue weighted by Crippen LogP contribution is 2.45. The largest absolute Gasteiger partial charge is 0.493 e. The summed E-state index contributed by atoms with van der Waals surface area (Å²) < 4.78 is 21.5. The lowest BCUT2D eigenvalue weighted by molar-refractivity contribution is 0.113. The second-order valence-electron chi connectivity index (χ2n) is 8.65. The van der Waals surface area contributed by atoms with Crippen LogP contribution in [0.1, 0.15) is 54.5 Å². The molecule has 0 aliphatic carbocycles. The number of thiophene rings is 1. The minimum Gasteiger partial charge on any atom is -0.493 e. The topological polar surface area (TPSA) is 54.4 Å². The predicted octanol–water partition coefficient (Wildman–Crippen LogP) is 7.64. The van der Waals surface area contributed by atoms with Gasteiger partial charge >= 0.3 is 0 Å². The van der Waals surface area contributed by atoms with Gasteiger partial charge in [0, 0.05) is 33.6 Å². The third-order valence-electron chi connectivity index (χ3n) is 6.02. The number of hydrogen-bond donors (Lipinski definition) is 2. The van der Waals surface area contributed by atoms with Crippen molar-refractivity contribution in [3.8, 4) is 16.9 Å². The minimum absolute atomic E-state index is 0.0657. The van der Waals surface area contributed by atoms with Gasteiger partial charge < -0.3 is 9.84 Å². The fourth-order valence-electron chi connectivity index (χ4n) is 4.55. The van der Waals surface area contributed by atoms with Crippen molar-refractivity contribution < 1.29 is 14.2 Å². The highest BCUT2D eigenvalue weighted by molar-refractivity contribution is 7.19. The van der Waals surface area contributed by atoms with Gasteiger partial charge in [-0.2, -0.15) is 0 Å². The number of rotatable bonds is 5. The minimum atomic E-state index is -0.952. The van der Waals surface area contributed by atoms with Crippen LogP contribution in [0.5, 0.6) is 5.75 Å². The fraction of sp³-hybridized carbons (Fsp3) is 0.269. The Bertz CT molecular complexity index is 1350. The van der Waals surface area contributed by atoms with Crippen molar-refractivity contribution in [3.05, 3.63) is 80.5 Å². The Hall–Kier alpha value is -2.22. The van der Waals surface area contributed by atoms with Gasteiger partial charge in [-0.15, -0.1) is 11.3 Å². The number of halogens is 3. The third kappa shape index (κ3) is 4.30. The molecule has 3 heterocycles. The van der Waals surface area contributed by atoms with Gasteiger partial charge in [0.25, 0.3) is 0 Å². The lowest BCUT2D eigenvalue weighted by Gasteiger charge is -2.29. The number of ether oxygens (including phenoxy) is 1. The number of benzene rings is 2. The zero-order chi connectivity index (χ0) is 24.0. The molecule has 0 bridgehead atoms. The fourth-order valence-corrected chi connectivity index (χ4v) is 6.50. The summed E-state index contributed by atoms with van der Waals surface area (Å²) in [6.45, 7) is 4.65. The maximum atomic E-state index is 15.1. The molecule has 1 aliphatic rings. The first kappa shape index (κ1) is 23.5. The first-order valence-corrected chi connectivity index (χ1v) is 12.6. The molecule has 0 radical (unpaired) electrons. The molecule has 2 aromatic heterocycles. The Balaban J connectivity index is 1.61. The Morgan fingerprint density at radius 1 is 1.18 bits per heavy atom. The van der Waals surface area contributed by atoms with Crippen LogP contribution < -0.4 is 10.1 Å². The normalized spacial score (nSPS) is 16.5. The van der Waals surface area contributed by atoms with E-state index in [-0.39, 0.29) is 12.0 Å². The molecule has 8 heteroatoms. The highest BCUT2D eigenvalue weighted by atomic mass is 35.5. The summed E-state index contributed by atoms with van der Waals surface area (Å²) in [4.78, 5) is 5.15. The van der Waals surface area contributed by atoms with E-state index in [1.165, 1.54) is 17.5 Å². The number of aromatic nitrogens is 1. The van der Waals surface area contributed by atoms with Crippen LogP contribution in [0.2, 0.25) is 10.0 Å². The van der Waals surface area contributed by atoms with E-state index < -0.39 is 12.0 Å². The van der Waals surface area contributed by atoms with Crippen molar-refractivity contribution in [1.29, 1.82) is 0 Å². The molecule has 2 atom stereocenters. The molecule has 1 aliphatic heterocycles. The summed E-state index contributed by atoms with van der Waals surface area (Å²) in [5, 5.41) is 15.6. The van der Waals surface area contributed by atoms with Crippen LogP contribution in [0.25, 0.3) is 21.3 Å².